The third-order valence-electron chi connectivity index (χ3n) is 5.75. The molecule has 3 aromatic carbocycles. The van der Waals surface area contributed by atoms with Crippen LogP contribution >= 0.6 is 0 Å². The van der Waals surface area contributed by atoms with Crippen molar-refractivity contribution in [2.24, 2.45) is 0 Å². The molecule has 0 bridgehead atoms. The van der Waals surface area contributed by atoms with E-state index in [1.165, 1.54) is 0 Å². The lowest BCUT2D eigenvalue weighted by Crippen LogP contribution is -2.41. The molecule has 5 rings (SSSR count). The topological polar surface area (TPSA) is 87.3 Å². The summed E-state index contributed by atoms with van der Waals surface area (Å²) in [5.74, 6) is 1.26. The molecule has 1 aliphatic rings. The normalized spacial score (nSPS) is 13.0. The molecule has 0 saturated carbocycles. The number of hydrogen-bond donors (Lipinski definition) is 2. The Labute approximate surface area is 184 Å². The third-order valence-corrected chi connectivity index (χ3v) is 5.75. The van der Waals surface area contributed by atoms with E-state index in [0.29, 0.717) is 24.4 Å². The minimum atomic E-state index is -0.231. The highest BCUT2D eigenvalue weighted by Crippen LogP contribution is 2.25. The van der Waals surface area contributed by atoms with E-state index in [-0.39, 0.29) is 18.1 Å². The van der Waals surface area contributed by atoms with Gasteiger partial charge in [0.05, 0.1) is 30.6 Å². The Balaban J connectivity index is 1.37. The number of carbonyl (C=O) groups excluding carboxylic acids is 1. The van der Waals surface area contributed by atoms with Crippen LogP contribution in [-0.2, 0) is 13.0 Å². The van der Waals surface area contributed by atoms with Crippen LogP contribution in [0.2, 0.25) is 0 Å². The fraction of sp³-hybridized carbons (Fsp3) is 0.160. The number of anilines is 1. The van der Waals surface area contributed by atoms with Gasteiger partial charge in [-0.25, -0.2) is 9.78 Å². The first-order valence-electron chi connectivity index (χ1n) is 10.4. The summed E-state index contributed by atoms with van der Waals surface area (Å²) in [7, 11) is 1.61. The second kappa shape index (κ2) is 8.19. The van der Waals surface area contributed by atoms with E-state index >= 15 is 0 Å². The van der Waals surface area contributed by atoms with Crippen molar-refractivity contribution in [1.82, 2.24) is 14.9 Å². The maximum atomic E-state index is 13.0. The maximum Gasteiger partial charge on any atom is 0.322 e. The smallest absolute Gasteiger partial charge is 0.322 e. The largest absolute Gasteiger partial charge is 0.497 e. The molecule has 7 heteroatoms. The molecule has 2 N–H and O–H groups in total. The van der Waals surface area contributed by atoms with Crippen molar-refractivity contribution in [1.29, 1.82) is 0 Å². The van der Waals surface area contributed by atoms with Crippen molar-refractivity contribution in [2.75, 3.05) is 19.0 Å². The zero-order valence-corrected chi connectivity index (χ0v) is 17.6. The number of nitrogens with zero attached hydrogens (tertiary/aromatic N) is 2. The second-order valence-electron chi connectivity index (χ2n) is 7.70. The number of urea groups is 1. The van der Waals surface area contributed by atoms with Gasteiger partial charge >= 0.3 is 6.03 Å². The van der Waals surface area contributed by atoms with Gasteiger partial charge < -0.3 is 19.9 Å². The Bertz CT molecular complexity index is 1360. The van der Waals surface area contributed by atoms with Crippen molar-refractivity contribution >= 4 is 22.5 Å². The fourth-order valence-electron chi connectivity index (χ4n) is 4.01. The maximum absolute atomic E-state index is 13.0. The van der Waals surface area contributed by atoms with Crippen LogP contribution in [0.25, 0.3) is 22.2 Å². The zero-order valence-electron chi connectivity index (χ0n) is 17.6. The van der Waals surface area contributed by atoms with Gasteiger partial charge in [-0.2, -0.15) is 0 Å². The number of fused-ring (bicyclic) bond motifs is 2. The first-order chi connectivity index (χ1) is 15.6. The number of methoxy groups -OCH3 is 1. The molecule has 32 heavy (non-hydrogen) atoms. The number of amides is 2. The van der Waals surface area contributed by atoms with Gasteiger partial charge in [0.15, 0.2) is 0 Å². The lowest BCUT2D eigenvalue weighted by molar-refractivity contribution is 0.205. The average Bonchev–Trinajstić information content (AvgIpc) is 2.84. The number of ether oxygens (including phenoxy) is 1. The minimum absolute atomic E-state index is 0.219. The van der Waals surface area contributed by atoms with Crippen LogP contribution in [0, 0.1) is 0 Å². The van der Waals surface area contributed by atoms with Crippen LogP contribution in [0.1, 0.15) is 11.3 Å². The van der Waals surface area contributed by atoms with Crippen molar-refractivity contribution < 1.29 is 9.53 Å². The van der Waals surface area contributed by atoms with Gasteiger partial charge in [-0.1, -0.05) is 36.4 Å². The van der Waals surface area contributed by atoms with Gasteiger partial charge in [0.2, 0.25) is 0 Å². The molecule has 1 aromatic heterocycles. The first kappa shape index (κ1) is 19.8. The Morgan fingerprint density at radius 3 is 2.66 bits per heavy atom. The summed E-state index contributed by atoms with van der Waals surface area (Å²) in [6, 6.07) is 20.8. The lowest BCUT2D eigenvalue weighted by Gasteiger charge is -2.28. The summed E-state index contributed by atoms with van der Waals surface area (Å²) in [5, 5.41) is 5.03. The number of benzene rings is 3. The number of rotatable bonds is 3. The lowest BCUT2D eigenvalue weighted by atomic mass is 10.1. The SMILES string of the molecule is COc1ccc(-c2nc3c(c(=O)[nH]2)CN(C(=O)Nc2cccc4ccccc24)CC3)cc1. The highest BCUT2D eigenvalue weighted by Gasteiger charge is 2.25. The summed E-state index contributed by atoms with van der Waals surface area (Å²) < 4.78 is 5.18. The predicted octanol–water partition coefficient (Wildman–Crippen LogP) is 4.19. The van der Waals surface area contributed by atoms with Crippen molar-refractivity contribution in [3.8, 4) is 17.1 Å². The molecular formula is C25H22N4O3. The number of hydrogen-bond acceptors (Lipinski definition) is 4. The van der Waals surface area contributed by atoms with E-state index in [1.54, 1.807) is 12.0 Å². The Kier molecular flexibility index (Phi) is 5.07. The van der Waals surface area contributed by atoms with Gasteiger partial charge in [-0.15, -0.1) is 0 Å². The van der Waals surface area contributed by atoms with E-state index in [1.807, 2.05) is 66.7 Å². The highest BCUT2D eigenvalue weighted by atomic mass is 16.5. The molecule has 2 amide bonds. The number of aromatic nitrogens is 2. The van der Waals surface area contributed by atoms with Gasteiger partial charge in [0, 0.05) is 23.9 Å². The van der Waals surface area contributed by atoms with E-state index in [2.05, 4.69) is 15.3 Å². The van der Waals surface area contributed by atoms with Gasteiger partial charge in [-0.05, 0) is 35.7 Å². The molecule has 0 aliphatic carbocycles. The molecule has 4 aromatic rings. The molecule has 7 nitrogen and oxygen atoms in total. The Morgan fingerprint density at radius 2 is 1.84 bits per heavy atom. The third kappa shape index (κ3) is 3.69. The molecule has 0 spiro atoms. The molecule has 1 aliphatic heterocycles. The number of nitrogens with one attached hydrogen (secondary N) is 2. The fourth-order valence-corrected chi connectivity index (χ4v) is 4.01. The molecule has 2 heterocycles. The summed E-state index contributed by atoms with van der Waals surface area (Å²) in [5.41, 5.74) is 2.60. The number of aromatic amines is 1. The molecule has 160 valence electrons. The van der Waals surface area contributed by atoms with Crippen molar-refractivity contribution in [3.05, 3.63) is 88.3 Å². The highest BCUT2D eigenvalue weighted by molar-refractivity contribution is 6.01. The van der Waals surface area contributed by atoms with E-state index in [4.69, 9.17) is 4.74 Å². The minimum Gasteiger partial charge on any atom is -0.497 e. The summed E-state index contributed by atoms with van der Waals surface area (Å²) in [6.45, 7) is 0.708. The molecule has 0 radical (unpaired) electrons. The standard InChI is InChI=1S/C25H22N4O3/c1-32-18-11-9-17(10-12-18)23-26-22-13-14-29(15-20(22)24(30)28-23)25(31)27-21-8-4-6-16-5-2-3-7-19(16)21/h2-12H,13-15H2,1H3,(H,27,31)(H,26,28,30). The molecule has 0 fully saturated rings. The van der Waals surface area contributed by atoms with Crippen molar-refractivity contribution in [2.45, 2.75) is 13.0 Å². The summed E-state index contributed by atoms with van der Waals surface area (Å²) in [6.07, 6.45) is 0.519. The first-order valence-corrected chi connectivity index (χ1v) is 10.4. The molecule has 0 atom stereocenters. The van der Waals surface area contributed by atoms with Gasteiger partial charge in [0.1, 0.15) is 11.6 Å². The second-order valence-corrected chi connectivity index (χ2v) is 7.70. The van der Waals surface area contributed by atoms with Gasteiger partial charge in [0.25, 0.3) is 5.56 Å². The number of carbonyl (C=O) groups is 1. The quantitative estimate of drug-likeness (QED) is 0.514. The Morgan fingerprint density at radius 1 is 1.06 bits per heavy atom. The van der Waals surface area contributed by atoms with E-state index < -0.39 is 0 Å². The number of H-pyrrole nitrogens is 1. The van der Waals surface area contributed by atoms with Crippen LogP contribution in [0.4, 0.5) is 10.5 Å². The Hall–Kier alpha value is -4.13. The zero-order chi connectivity index (χ0) is 22.1. The average molecular weight is 426 g/mol. The van der Waals surface area contributed by atoms with Crippen LogP contribution < -0.4 is 15.6 Å². The predicted molar refractivity (Wildman–Crippen MR) is 124 cm³/mol. The van der Waals surface area contributed by atoms with Crippen LogP contribution in [0.3, 0.4) is 0 Å². The van der Waals surface area contributed by atoms with Gasteiger partial charge in [-0.3, -0.25) is 4.79 Å². The molecular weight excluding hydrogens is 404 g/mol. The van der Waals surface area contributed by atoms with Crippen molar-refractivity contribution in [3.63, 3.8) is 0 Å². The monoisotopic (exact) mass is 426 g/mol. The summed E-state index contributed by atoms with van der Waals surface area (Å²) >= 11 is 0. The van der Waals surface area contributed by atoms with Crippen LogP contribution in [-0.4, -0.2) is 34.6 Å². The van der Waals surface area contributed by atoms with Crippen LogP contribution in [0.15, 0.2) is 71.5 Å². The summed E-state index contributed by atoms with van der Waals surface area (Å²) in [4.78, 5) is 34.9. The molecule has 0 saturated heterocycles. The van der Waals surface area contributed by atoms with E-state index in [9.17, 15) is 9.59 Å². The van der Waals surface area contributed by atoms with E-state index in [0.717, 1.165) is 33.5 Å². The van der Waals surface area contributed by atoms with Crippen LogP contribution in [0.5, 0.6) is 5.75 Å². The molecule has 0 unspecified atom stereocenters.